The zero-order valence-corrected chi connectivity index (χ0v) is 19.5. The highest BCUT2D eigenvalue weighted by Gasteiger charge is 2.29. The van der Waals surface area contributed by atoms with E-state index >= 15 is 0 Å². The van der Waals surface area contributed by atoms with Gasteiger partial charge in [-0.25, -0.2) is 16.8 Å². The van der Waals surface area contributed by atoms with Crippen LogP contribution in [0.1, 0.15) is 42.5 Å². The Kier molecular flexibility index (Phi) is 8.08. The van der Waals surface area contributed by atoms with Gasteiger partial charge in [0.25, 0.3) is 5.91 Å². The number of carbonyl (C=O) groups is 1. The van der Waals surface area contributed by atoms with Crippen molar-refractivity contribution in [3.63, 3.8) is 0 Å². The molecule has 0 atom stereocenters. The highest BCUT2D eigenvalue weighted by Crippen LogP contribution is 2.26. The Hall–Kier alpha value is -1.53. The molecule has 174 valence electrons. The molecule has 1 saturated carbocycles. The molecule has 1 N–H and O–H groups in total. The number of nitrogens with zero attached hydrogens (tertiary/aromatic N) is 2. The predicted molar refractivity (Wildman–Crippen MR) is 117 cm³/mol. The lowest BCUT2D eigenvalue weighted by Crippen LogP contribution is -2.43. The number of hydrogen-bond donors (Lipinski definition) is 1. The summed E-state index contributed by atoms with van der Waals surface area (Å²) >= 11 is 0. The fourth-order valence-electron chi connectivity index (χ4n) is 3.93. The van der Waals surface area contributed by atoms with Gasteiger partial charge >= 0.3 is 0 Å². The number of morpholine rings is 1. The van der Waals surface area contributed by atoms with Crippen LogP contribution in [0.25, 0.3) is 0 Å². The molecule has 1 saturated heterocycles. The molecule has 2 fully saturated rings. The SMILES string of the molecule is CN(C1CCCCC1)S(=O)(=O)c1ccc(C(=O)NCCS(=O)(=O)N2CCOCC2)cc1. The highest BCUT2D eigenvalue weighted by molar-refractivity contribution is 7.89. The second-order valence-electron chi connectivity index (χ2n) is 7.92. The number of hydrogen-bond acceptors (Lipinski definition) is 6. The van der Waals surface area contributed by atoms with Crippen LogP contribution in [0.5, 0.6) is 0 Å². The van der Waals surface area contributed by atoms with Gasteiger partial charge in [0.2, 0.25) is 20.0 Å². The van der Waals surface area contributed by atoms with Gasteiger partial charge in [-0.3, -0.25) is 4.79 Å². The number of ether oxygens (including phenoxy) is 1. The van der Waals surface area contributed by atoms with Crippen molar-refractivity contribution in [1.82, 2.24) is 13.9 Å². The first-order valence-electron chi connectivity index (χ1n) is 10.6. The second kappa shape index (κ2) is 10.4. The maximum Gasteiger partial charge on any atom is 0.251 e. The zero-order valence-electron chi connectivity index (χ0n) is 17.8. The maximum atomic E-state index is 12.9. The third kappa shape index (κ3) is 6.04. The van der Waals surface area contributed by atoms with Crippen LogP contribution >= 0.6 is 0 Å². The monoisotopic (exact) mass is 473 g/mol. The van der Waals surface area contributed by atoms with Gasteiger partial charge in [0, 0.05) is 38.3 Å². The average Bonchev–Trinajstić information content (AvgIpc) is 2.79. The number of carbonyl (C=O) groups excluding carboxylic acids is 1. The van der Waals surface area contributed by atoms with Crippen LogP contribution in [-0.2, 0) is 24.8 Å². The summed E-state index contributed by atoms with van der Waals surface area (Å²) in [7, 11) is -5.47. The van der Waals surface area contributed by atoms with E-state index in [1.807, 2.05) is 0 Å². The summed E-state index contributed by atoms with van der Waals surface area (Å²) in [6.45, 7) is 1.36. The maximum absolute atomic E-state index is 12.9. The Labute approximate surface area is 184 Å². The first kappa shape index (κ1) is 24.1. The molecule has 1 aliphatic heterocycles. The number of rotatable bonds is 8. The quantitative estimate of drug-likeness (QED) is 0.603. The topological polar surface area (TPSA) is 113 Å². The molecule has 0 bridgehead atoms. The fraction of sp³-hybridized carbons (Fsp3) is 0.650. The van der Waals surface area contributed by atoms with Crippen LogP contribution in [-0.4, -0.2) is 83.0 Å². The molecule has 0 unspecified atom stereocenters. The molecule has 0 aromatic heterocycles. The second-order valence-corrected chi connectivity index (χ2v) is 12.0. The van der Waals surface area contributed by atoms with Crippen LogP contribution in [0.15, 0.2) is 29.2 Å². The Bertz CT molecular complexity index is 951. The van der Waals surface area contributed by atoms with E-state index in [-0.39, 0.29) is 28.8 Å². The number of sulfonamides is 2. The van der Waals surface area contributed by atoms with E-state index in [1.165, 1.54) is 32.9 Å². The van der Waals surface area contributed by atoms with Crippen LogP contribution in [0.2, 0.25) is 0 Å². The van der Waals surface area contributed by atoms with Gasteiger partial charge < -0.3 is 10.1 Å². The van der Waals surface area contributed by atoms with Crippen LogP contribution < -0.4 is 5.32 Å². The lowest BCUT2D eigenvalue weighted by molar-refractivity contribution is 0.0730. The molecule has 1 heterocycles. The molecule has 2 aliphatic rings. The summed E-state index contributed by atoms with van der Waals surface area (Å²) in [4.78, 5) is 12.5. The lowest BCUT2D eigenvalue weighted by atomic mass is 9.96. The van der Waals surface area contributed by atoms with E-state index in [2.05, 4.69) is 5.32 Å². The molecule has 31 heavy (non-hydrogen) atoms. The van der Waals surface area contributed by atoms with Gasteiger partial charge in [-0.2, -0.15) is 8.61 Å². The summed E-state index contributed by atoms with van der Waals surface area (Å²) in [5.41, 5.74) is 0.281. The predicted octanol–water partition coefficient (Wildman–Crippen LogP) is 1.03. The van der Waals surface area contributed by atoms with Crippen molar-refractivity contribution in [2.75, 3.05) is 45.6 Å². The summed E-state index contributed by atoms with van der Waals surface area (Å²) in [6, 6.07) is 5.76. The van der Waals surface area contributed by atoms with Gasteiger partial charge in [0.15, 0.2) is 0 Å². The molecule has 9 nitrogen and oxygen atoms in total. The van der Waals surface area contributed by atoms with Gasteiger partial charge in [-0.05, 0) is 37.1 Å². The van der Waals surface area contributed by atoms with Crippen molar-refractivity contribution in [3.05, 3.63) is 29.8 Å². The Morgan fingerprint density at radius 3 is 2.29 bits per heavy atom. The summed E-state index contributed by atoms with van der Waals surface area (Å²) in [5, 5.41) is 2.59. The van der Waals surface area contributed by atoms with Gasteiger partial charge in [-0.1, -0.05) is 19.3 Å². The molecule has 11 heteroatoms. The smallest absolute Gasteiger partial charge is 0.251 e. The standard InChI is InChI=1S/C20H31N3O6S2/c1-22(18-5-3-2-4-6-18)31(27,28)19-9-7-17(8-10-19)20(24)21-11-16-30(25,26)23-12-14-29-15-13-23/h7-10,18H,2-6,11-16H2,1H3,(H,21,24). The van der Waals surface area contributed by atoms with Crippen LogP contribution in [0, 0.1) is 0 Å². The average molecular weight is 474 g/mol. The van der Waals surface area contributed by atoms with E-state index in [0.717, 1.165) is 32.1 Å². The molecule has 1 amide bonds. The Morgan fingerprint density at radius 2 is 1.68 bits per heavy atom. The Balaban J connectivity index is 1.56. The Morgan fingerprint density at radius 1 is 1.06 bits per heavy atom. The van der Waals surface area contributed by atoms with Crippen molar-refractivity contribution < 1.29 is 26.4 Å². The van der Waals surface area contributed by atoms with Crippen LogP contribution in [0.3, 0.4) is 0 Å². The van der Waals surface area contributed by atoms with Crippen molar-refractivity contribution in [2.24, 2.45) is 0 Å². The van der Waals surface area contributed by atoms with E-state index in [0.29, 0.717) is 26.3 Å². The lowest BCUT2D eigenvalue weighted by Gasteiger charge is -2.30. The van der Waals surface area contributed by atoms with Gasteiger partial charge in [-0.15, -0.1) is 0 Å². The number of amides is 1. The van der Waals surface area contributed by atoms with Crippen molar-refractivity contribution in [1.29, 1.82) is 0 Å². The normalized spacial score (nSPS) is 19.4. The van der Waals surface area contributed by atoms with Gasteiger partial charge in [0.1, 0.15) is 0 Å². The minimum atomic E-state index is -3.62. The minimum Gasteiger partial charge on any atom is -0.379 e. The first-order chi connectivity index (χ1) is 14.7. The van der Waals surface area contributed by atoms with Crippen molar-refractivity contribution >= 4 is 26.0 Å². The first-order valence-corrected chi connectivity index (χ1v) is 13.7. The molecule has 0 radical (unpaired) electrons. The summed E-state index contributed by atoms with van der Waals surface area (Å²) in [5.74, 6) is -0.640. The van der Waals surface area contributed by atoms with E-state index in [1.54, 1.807) is 7.05 Å². The molecular weight excluding hydrogens is 442 g/mol. The molecular formula is C20H31N3O6S2. The van der Waals surface area contributed by atoms with E-state index in [9.17, 15) is 21.6 Å². The highest BCUT2D eigenvalue weighted by atomic mass is 32.2. The van der Waals surface area contributed by atoms with Crippen molar-refractivity contribution in [2.45, 2.75) is 43.0 Å². The van der Waals surface area contributed by atoms with E-state index < -0.39 is 26.0 Å². The zero-order chi connectivity index (χ0) is 22.5. The van der Waals surface area contributed by atoms with E-state index in [4.69, 9.17) is 4.74 Å². The fourth-order valence-corrected chi connectivity index (χ4v) is 6.67. The number of nitrogens with one attached hydrogen (secondary N) is 1. The summed E-state index contributed by atoms with van der Waals surface area (Å²) in [6.07, 6.45) is 4.94. The largest absolute Gasteiger partial charge is 0.379 e. The molecule has 1 aromatic rings. The van der Waals surface area contributed by atoms with Gasteiger partial charge in [0.05, 0.1) is 23.9 Å². The van der Waals surface area contributed by atoms with Crippen LogP contribution in [0.4, 0.5) is 0 Å². The minimum absolute atomic E-state index is 0.00939. The molecule has 1 aliphatic carbocycles. The number of benzene rings is 1. The third-order valence-electron chi connectivity index (χ3n) is 5.89. The molecule has 1 aromatic carbocycles. The molecule has 0 spiro atoms. The molecule has 3 rings (SSSR count). The summed E-state index contributed by atoms with van der Waals surface area (Å²) < 4.78 is 58.3. The third-order valence-corrected chi connectivity index (χ3v) is 9.69. The van der Waals surface area contributed by atoms with Crippen molar-refractivity contribution in [3.8, 4) is 0 Å².